The number of amides is 2. The largest absolute Gasteiger partial charge is 0.497 e. The lowest BCUT2D eigenvalue weighted by molar-refractivity contribution is -0.118. The van der Waals surface area contributed by atoms with Crippen molar-refractivity contribution in [3.8, 4) is 11.8 Å². The maximum absolute atomic E-state index is 13.3. The number of carbonyl (C=O) groups is 2. The van der Waals surface area contributed by atoms with Gasteiger partial charge in [0.05, 0.1) is 24.6 Å². The number of benzene rings is 2. The smallest absolute Gasteiger partial charge is 0.283 e. The molecule has 0 fully saturated rings. The molecule has 0 aromatic heterocycles. The molecule has 2 aromatic carbocycles. The summed E-state index contributed by atoms with van der Waals surface area (Å²) < 4.78 is 5.29. The summed E-state index contributed by atoms with van der Waals surface area (Å²) in [5, 5.41) is 11.5. The Morgan fingerprint density at radius 2 is 2.03 bits per heavy atom. The predicted octanol–water partition coefficient (Wildman–Crippen LogP) is 3.94. The Kier molecular flexibility index (Phi) is 7.68. The van der Waals surface area contributed by atoms with Gasteiger partial charge in [-0.2, -0.15) is 5.26 Å². The molecule has 0 saturated heterocycles. The predicted molar refractivity (Wildman–Crippen MR) is 128 cm³/mol. The van der Waals surface area contributed by atoms with Gasteiger partial charge in [0, 0.05) is 6.07 Å². The zero-order valence-electron chi connectivity index (χ0n) is 18.2. The van der Waals surface area contributed by atoms with E-state index in [4.69, 9.17) is 10.00 Å². The van der Waals surface area contributed by atoms with Gasteiger partial charge in [-0.25, -0.2) is 4.99 Å². The molecule has 0 bridgehead atoms. The number of nitrogens with one attached hydrogen (secondary N) is 1. The third-order valence-corrected chi connectivity index (χ3v) is 5.68. The molecular weight excluding hydrogens is 424 g/mol. The molecule has 0 radical (unpaired) electrons. The minimum atomic E-state index is -0.306. The Balaban J connectivity index is 1.91. The van der Waals surface area contributed by atoms with Gasteiger partial charge in [-0.3, -0.25) is 14.5 Å². The van der Waals surface area contributed by atoms with E-state index in [0.29, 0.717) is 22.5 Å². The van der Waals surface area contributed by atoms with Gasteiger partial charge in [0.1, 0.15) is 18.0 Å². The number of thioether (sulfide) groups is 1. The van der Waals surface area contributed by atoms with Gasteiger partial charge >= 0.3 is 0 Å². The molecule has 0 atom stereocenters. The summed E-state index contributed by atoms with van der Waals surface area (Å²) >= 11 is 1.14. The zero-order chi connectivity index (χ0) is 23.1. The second kappa shape index (κ2) is 10.6. The summed E-state index contributed by atoms with van der Waals surface area (Å²) in [5.41, 5.74) is 2.96. The average Bonchev–Trinajstić information content (AvgIpc) is 3.11. The molecule has 7 nitrogen and oxygen atoms in total. The molecule has 32 heavy (non-hydrogen) atoms. The molecule has 2 aromatic rings. The van der Waals surface area contributed by atoms with Gasteiger partial charge in [-0.1, -0.05) is 55.9 Å². The number of anilines is 1. The van der Waals surface area contributed by atoms with E-state index in [-0.39, 0.29) is 29.8 Å². The first kappa shape index (κ1) is 23.1. The lowest BCUT2D eigenvalue weighted by atomic mass is 10.0. The highest BCUT2D eigenvalue weighted by atomic mass is 32.2. The van der Waals surface area contributed by atoms with E-state index in [9.17, 15) is 9.59 Å². The Labute approximate surface area is 191 Å². The highest BCUT2D eigenvalue weighted by Gasteiger charge is 2.32. The van der Waals surface area contributed by atoms with Crippen LogP contribution in [0.15, 0.2) is 59.2 Å². The van der Waals surface area contributed by atoms with E-state index in [2.05, 4.69) is 24.2 Å². The van der Waals surface area contributed by atoms with Gasteiger partial charge in [-0.15, -0.1) is 0 Å². The number of hydrogen-bond acceptors (Lipinski definition) is 6. The number of aliphatic imine (C=N–C) groups is 1. The molecule has 164 valence electrons. The van der Waals surface area contributed by atoms with Crippen molar-refractivity contribution in [3.63, 3.8) is 0 Å². The Bertz CT molecular complexity index is 1100. The number of hydrogen-bond donors (Lipinski definition) is 1. The molecule has 0 spiro atoms. The van der Waals surface area contributed by atoms with Crippen molar-refractivity contribution in [1.29, 1.82) is 5.26 Å². The Morgan fingerprint density at radius 3 is 2.69 bits per heavy atom. The summed E-state index contributed by atoms with van der Waals surface area (Å²) in [4.78, 5) is 31.2. The van der Waals surface area contributed by atoms with E-state index < -0.39 is 0 Å². The van der Waals surface area contributed by atoms with Crippen molar-refractivity contribution in [2.24, 2.45) is 4.99 Å². The summed E-state index contributed by atoms with van der Waals surface area (Å²) in [6.45, 7) is 4.18. The molecule has 8 heteroatoms. The van der Waals surface area contributed by atoms with Gasteiger partial charge in [0.2, 0.25) is 5.91 Å². The van der Waals surface area contributed by atoms with Crippen LogP contribution in [0.1, 0.15) is 30.9 Å². The van der Waals surface area contributed by atoms with Crippen LogP contribution in [0.4, 0.5) is 5.69 Å². The summed E-state index contributed by atoms with van der Waals surface area (Å²) in [6.07, 6.45) is 1.74. The molecule has 3 rings (SSSR count). The normalized spacial score (nSPS) is 14.5. The molecular formula is C24H24N4O3S. The van der Waals surface area contributed by atoms with E-state index in [1.54, 1.807) is 37.5 Å². The van der Waals surface area contributed by atoms with E-state index in [1.165, 1.54) is 10.5 Å². The number of ether oxygens (including phenoxy) is 1. The van der Waals surface area contributed by atoms with Crippen LogP contribution >= 0.6 is 11.8 Å². The monoisotopic (exact) mass is 448 g/mol. The third-order valence-electron chi connectivity index (χ3n) is 4.74. The van der Waals surface area contributed by atoms with Crippen LogP contribution < -0.4 is 15.0 Å². The summed E-state index contributed by atoms with van der Waals surface area (Å²) in [7, 11) is 1.56. The Morgan fingerprint density at radius 1 is 1.28 bits per heavy atom. The molecule has 1 heterocycles. The number of amidine groups is 1. The SMILES string of the molecule is COc1cccc(N2C(=O)/C(=C/c3ccc(C(C)C)cc3)N=C2SCC(=O)NCC#N)c1. The average molecular weight is 449 g/mol. The number of rotatable bonds is 7. The van der Waals surface area contributed by atoms with Crippen LogP contribution in [0.5, 0.6) is 5.75 Å². The molecule has 1 aliphatic rings. The third kappa shape index (κ3) is 5.56. The molecule has 0 unspecified atom stereocenters. The lowest BCUT2D eigenvalue weighted by Crippen LogP contribution is -2.32. The molecule has 1 N–H and O–H groups in total. The quantitative estimate of drug-likeness (QED) is 0.511. The van der Waals surface area contributed by atoms with Crippen LogP contribution in [0, 0.1) is 11.3 Å². The van der Waals surface area contributed by atoms with Crippen LogP contribution in [0.2, 0.25) is 0 Å². The van der Waals surface area contributed by atoms with Crippen molar-refractivity contribution in [2.75, 3.05) is 24.3 Å². The van der Waals surface area contributed by atoms with Crippen molar-refractivity contribution in [3.05, 3.63) is 65.4 Å². The number of nitriles is 1. The fraction of sp³-hybridized carbons (Fsp3) is 0.250. The highest BCUT2D eigenvalue weighted by molar-refractivity contribution is 8.14. The standard InChI is InChI=1S/C24H24N4O3S/c1-16(2)18-9-7-17(8-10-18)13-21-23(30)28(19-5-4-6-20(14-19)31-3)24(27-21)32-15-22(29)26-12-11-25/h4-10,13-14,16H,12,15H2,1-3H3,(H,26,29)/b21-13-. The fourth-order valence-corrected chi connectivity index (χ4v) is 3.87. The molecule has 2 amide bonds. The van der Waals surface area contributed by atoms with E-state index in [1.807, 2.05) is 30.3 Å². The molecule has 0 aliphatic carbocycles. The van der Waals surface area contributed by atoms with Gasteiger partial charge in [0.15, 0.2) is 5.17 Å². The van der Waals surface area contributed by atoms with Gasteiger partial charge in [-0.05, 0) is 35.3 Å². The van der Waals surface area contributed by atoms with Crippen LogP contribution in [0.25, 0.3) is 6.08 Å². The lowest BCUT2D eigenvalue weighted by Gasteiger charge is -2.18. The maximum Gasteiger partial charge on any atom is 0.283 e. The van der Waals surface area contributed by atoms with Crippen molar-refractivity contribution in [2.45, 2.75) is 19.8 Å². The first-order chi connectivity index (χ1) is 15.4. The number of carbonyl (C=O) groups excluding carboxylic acids is 2. The number of nitrogens with zero attached hydrogens (tertiary/aromatic N) is 3. The molecule has 1 aliphatic heterocycles. The summed E-state index contributed by atoms with van der Waals surface area (Å²) in [6, 6.07) is 17.0. The minimum Gasteiger partial charge on any atom is -0.497 e. The second-order valence-electron chi connectivity index (χ2n) is 7.31. The first-order valence-corrected chi connectivity index (χ1v) is 11.1. The summed E-state index contributed by atoms with van der Waals surface area (Å²) in [5.74, 6) is 0.463. The van der Waals surface area contributed by atoms with Crippen molar-refractivity contribution >= 4 is 40.5 Å². The van der Waals surface area contributed by atoms with Gasteiger partial charge in [0.25, 0.3) is 5.91 Å². The highest BCUT2D eigenvalue weighted by Crippen LogP contribution is 2.31. The molecule has 0 saturated carbocycles. The van der Waals surface area contributed by atoms with Crippen LogP contribution in [-0.4, -0.2) is 36.4 Å². The maximum atomic E-state index is 13.3. The second-order valence-corrected chi connectivity index (χ2v) is 8.25. The Hall–Kier alpha value is -3.57. The van der Waals surface area contributed by atoms with E-state index in [0.717, 1.165) is 17.3 Å². The van der Waals surface area contributed by atoms with E-state index >= 15 is 0 Å². The van der Waals surface area contributed by atoms with Crippen LogP contribution in [0.3, 0.4) is 0 Å². The minimum absolute atomic E-state index is 0.0324. The topological polar surface area (TPSA) is 94.8 Å². The fourth-order valence-electron chi connectivity index (χ4n) is 3.02. The number of methoxy groups -OCH3 is 1. The van der Waals surface area contributed by atoms with Crippen molar-refractivity contribution in [1.82, 2.24) is 5.32 Å². The first-order valence-electron chi connectivity index (χ1n) is 10.1. The van der Waals surface area contributed by atoms with Gasteiger partial charge < -0.3 is 10.1 Å². The zero-order valence-corrected chi connectivity index (χ0v) is 19.0. The van der Waals surface area contributed by atoms with Crippen molar-refractivity contribution < 1.29 is 14.3 Å². The van der Waals surface area contributed by atoms with Crippen LogP contribution in [-0.2, 0) is 9.59 Å².